The molecule has 0 fully saturated rings. The molecule has 1 aliphatic carbocycles. The zero-order valence-corrected chi connectivity index (χ0v) is 14.7. The van der Waals surface area contributed by atoms with Gasteiger partial charge in [-0.15, -0.1) is 0 Å². The Morgan fingerprint density at radius 3 is 2.55 bits per heavy atom. The maximum Gasteiger partial charge on any atom is 0.330 e. The fourth-order valence-corrected chi connectivity index (χ4v) is 2.70. The van der Waals surface area contributed by atoms with Gasteiger partial charge in [-0.05, 0) is 55.9 Å². The van der Waals surface area contributed by atoms with Crippen LogP contribution in [0.3, 0.4) is 0 Å². The molecule has 0 saturated carbocycles. The second kappa shape index (κ2) is 8.02. The Kier molecular flexibility index (Phi) is 6.66. The fraction of sp³-hybridized carbons (Fsp3) is 0.526. The standard InChI is InChI=1S/C19H28O3/c1-7-21-16-12-15(4)17(19(5,6)13-16)10-9-14(3)11-18(20)22-8-2/h9-12H,7-8,13H2,1-6H3/b10-9+,14-11+. The zero-order chi connectivity index (χ0) is 16.8. The fourth-order valence-electron chi connectivity index (χ4n) is 2.70. The minimum atomic E-state index is -0.295. The van der Waals surface area contributed by atoms with Crippen LogP contribution in [0.25, 0.3) is 0 Å². The first-order chi connectivity index (χ1) is 10.3. The van der Waals surface area contributed by atoms with Crippen LogP contribution in [0.1, 0.15) is 48.0 Å². The Bertz CT molecular complexity index is 531. The van der Waals surface area contributed by atoms with Crippen molar-refractivity contribution in [1.82, 2.24) is 0 Å². The molecule has 0 bridgehead atoms. The minimum Gasteiger partial charge on any atom is -0.498 e. The van der Waals surface area contributed by atoms with Gasteiger partial charge >= 0.3 is 5.97 Å². The van der Waals surface area contributed by atoms with E-state index in [1.165, 1.54) is 17.2 Å². The number of carbonyl (C=O) groups is 1. The quantitative estimate of drug-likeness (QED) is 0.405. The Hall–Kier alpha value is -1.77. The number of allylic oxidation sites excluding steroid dienone is 7. The van der Waals surface area contributed by atoms with Gasteiger partial charge in [0.25, 0.3) is 0 Å². The molecule has 0 spiro atoms. The van der Waals surface area contributed by atoms with Gasteiger partial charge in [0.1, 0.15) is 0 Å². The molecule has 0 aliphatic heterocycles. The molecule has 22 heavy (non-hydrogen) atoms. The zero-order valence-electron chi connectivity index (χ0n) is 14.7. The molecular formula is C19H28O3. The summed E-state index contributed by atoms with van der Waals surface area (Å²) in [7, 11) is 0. The van der Waals surface area contributed by atoms with Crippen LogP contribution in [-0.2, 0) is 14.3 Å². The summed E-state index contributed by atoms with van der Waals surface area (Å²) in [4.78, 5) is 11.4. The van der Waals surface area contributed by atoms with Crippen LogP contribution in [0.5, 0.6) is 0 Å². The first-order valence-corrected chi connectivity index (χ1v) is 7.88. The summed E-state index contributed by atoms with van der Waals surface area (Å²) in [6, 6.07) is 0. The molecule has 0 aromatic carbocycles. The lowest BCUT2D eigenvalue weighted by molar-refractivity contribution is -0.137. The summed E-state index contributed by atoms with van der Waals surface area (Å²) in [6.07, 6.45) is 8.58. The summed E-state index contributed by atoms with van der Waals surface area (Å²) in [5.41, 5.74) is 3.38. The van der Waals surface area contributed by atoms with Crippen LogP contribution in [-0.4, -0.2) is 19.2 Å². The Morgan fingerprint density at radius 1 is 1.32 bits per heavy atom. The summed E-state index contributed by atoms with van der Waals surface area (Å²) in [5, 5.41) is 0. The smallest absolute Gasteiger partial charge is 0.330 e. The highest BCUT2D eigenvalue weighted by Crippen LogP contribution is 2.41. The Balaban J connectivity index is 2.96. The predicted octanol–water partition coefficient (Wildman–Crippen LogP) is 4.72. The second-order valence-electron chi connectivity index (χ2n) is 6.17. The minimum absolute atomic E-state index is 0.0179. The highest BCUT2D eigenvalue weighted by atomic mass is 16.5. The molecule has 0 aromatic heterocycles. The van der Waals surface area contributed by atoms with Gasteiger partial charge in [0.2, 0.25) is 0 Å². The molecule has 0 heterocycles. The molecule has 1 rings (SSSR count). The van der Waals surface area contributed by atoms with Crippen molar-refractivity contribution in [2.45, 2.75) is 48.0 Å². The van der Waals surface area contributed by atoms with Crippen molar-refractivity contribution in [3.05, 3.63) is 46.8 Å². The van der Waals surface area contributed by atoms with Crippen LogP contribution in [0.2, 0.25) is 0 Å². The maximum absolute atomic E-state index is 11.4. The van der Waals surface area contributed by atoms with Gasteiger partial charge in [-0.1, -0.05) is 26.0 Å². The van der Waals surface area contributed by atoms with E-state index in [-0.39, 0.29) is 11.4 Å². The lowest BCUT2D eigenvalue weighted by Crippen LogP contribution is -2.20. The Morgan fingerprint density at radius 2 is 2.00 bits per heavy atom. The van der Waals surface area contributed by atoms with Crippen molar-refractivity contribution in [2.24, 2.45) is 5.41 Å². The van der Waals surface area contributed by atoms with Gasteiger partial charge in [-0.3, -0.25) is 0 Å². The molecule has 0 atom stereocenters. The molecule has 122 valence electrons. The van der Waals surface area contributed by atoms with Gasteiger partial charge in [0.05, 0.1) is 19.0 Å². The lowest BCUT2D eigenvalue weighted by Gasteiger charge is -2.32. The normalized spacial score (nSPS) is 18.5. The Labute approximate surface area is 134 Å². The van der Waals surface area contributed by atoms with Crippen molar-refractivity contribution in [3.8, 4) is 0 Å². The molecule has 3 heteroatoms. The molecule has 0 saturated heterocycles. The van der Waals surface area contributed by atoms with Gasteiger partial charge in [-0.2, -0.15) is 0 Å². The summed E-state index contributed by atoms with van der Waals surface area (Å²) in [5.74, 6) is 0.748. The summed E-state index contributed by atoms with van der Waals surface area (Å²) >= 11 is 0. The van der Waals surface area contributed by atoms with Crippen molar-refractivity contribution in [2.75, 3.05) is 13.2 Å². The topological polar surface area (TPSA) is 35.5 Å². The summed E-state index contributed by atoms with van der Waals surface area (Å²) in [6.45, 7) is 13.3. The molecule has 0 amide bonds. The van der Waals surface area contributed by atoms with E-state index in [1.807, 2.05) is 19.9 Å². The third-order valence-electron chi connectivity index (χ3n) is 3.62. The van der Waals surface area contributed by atoms with E-state index in [0.717, 1.165) is 17.8 Å². The van der Waals surface area contributed by atoms with Gasteiger partial charge in [0, 0.05) is 12.5 Å². The van der Waals surface area contributed by atoms with Crippen LogP contribution in [0.15, 0.2) is 46.8 Å². The van der Waals surface area contributed by atoms with E-state index in [2.05, 4.69) is 32.9 Å². The number of carbonyl (C=O) groups excluding carboxylic acids is 1. The van der Waals surface area contributed by atoms with Crippen molar-refractivity contribution < 1.29 is 14.3 Å². The average Bonchev–Trinajstić information content (AvgIpc) is 2.37. The molecule has 0 radical (unpaired) electrons. The van der Waals surface area contributed by atoms with Crippen molar-refractivity contribution in [3.63, 3.8) is 0 Å². The first kappa shape index (κ1) is 18.3. The highest BCUT2D eigenvalue weighted by Gasteiger charge is 2.28. The van der Waals surface area contributed by atoms with Crippen LogP contribution >= 0.6 is 0 Å². The van der Waals surface area contributed by atoms with E-state index >= 15 is 0 Å². The van der Waals surface area contributed by atoms with Crippen molar-refractivity contribution in [1.29, 1.82) is 0 Å². The van der Waals surface area contributed by atoms with Gasteiger partial charge in [-0.25, -0.2) is 4.79 Å². The monoisotopic (exact) mass is 304 g/mol. The number of esters is 1. The van der Waals surface area contributed by atoms with Crippen molar-refractivity contribution >= 4 is 5.97 Å². The first-order valence-electron chi connectivity index (χ1n) is 7.88. The highest BCUT2D eigenvalue weighted by molar-refractivity contribution is 5.83. The predicted molar refractivity (Wildman–Crippen MR) is 90.3 cm³/mol. The number of hydrogen-bond acceptors (Lipinski definition) is 3. The molecular weight excluding hydrogens is 276 g/mol. The number of rotatable bonds is 6. The van der Waals surface area contributed by atoms with E-state index in [4.69, 9.17) is 9.47 Å². The van der Waals surface area contributed by atoms with Gasteiger partial charge in [0.15, 0.2) is 0 Å². The molecule has 0 unspecified atom stereocenters. The maximum atomic E-state index is 11.4. The molecule has 1 aliphatic rings. The van der Waals surface area contributed by atoms with Crippen LogP contribution in [0.4, 0.5) is 0 Å². The van der Waals surface area contributed by atoms with Gasteiger partial charge < -0.3 is 9.47 Å². The summed E-state index contributed by atoms with van der Waals surface area (Å²) < 4.78 is 10.6. The van der Waals surface area contributed by atoms with E-state index in [9.17, 15) is 4.79 Å². The largest absolute Gasteiger partial charge is 0.498 e. The van der Waals surface area contributed by atoms with E-state index in [0.29, 0.717) is 13.2 Å². The average molecular weight is 304 g/mol. The molecule has 0 N–H and O–H groups in total. The second-order valence-corrected chi connectivity index (χ2v) is 6.17. The molecule has 3 nitrogen and oxygen atoms in total. The third-order valence-corrected chi connectivity index (χ3v) is 3.62. The van der Waals surface area contributed by atoms with Crippen LogP contribution in [0, 0.1) is 5.41 Å². The third kappa shape index (κ3) is 5.21. The molecule has 0 aromatic rings. The van der Waals surface area contributed by atoms with Crippen LogP contribution < -0.4 is 0 Å². The van der Waals surface area contributed by atoms with E-state index < -0.39 is 0 Å². The number of hydrogen-bond donors (Lipinski definition) is 0. The lowest BCUT2D eigenvalue weighted by atomic mass is 9.74. The van der Waals surface area contributed by atoms with E-state index in [1.54, 1.807) is 6.92 Å². The number of ether oxygens (including phenoxy) is 2. The SMILES string of the molecule is CCOC(=O)/C=C(C)/C=C/C1=C(C)C=C(OCC)CC1(C)C.